The van der Waals surface area contributed by atoms with Gasteiger partial charge in [0.1, 0.15) is 17.8 Å². The number of aromatic nitrogens is 1. The van der Waals surface area contributed by atoms with Gasteiger partial charge < -0.3 is 19.3 Å². The van der Waals surface area contributed by atoms with E-state index >= 15 is 0 Å². The second-order valence-corrected chi connectivity index (χ2v) is 5.82. The number of nitrogens with zero attached hydrogens (tertiary/aromatic N) is 2. The molecule has 2 aromatic heterocycles. The Morgan fingerprint density at radius 2 is 2.39 bits per heavy atom. The minimum absolute atomic E-state index is 0.260. The average Bonchev–Trinajstić information content (AvgIpc) is 3.22. The highest BCUT2D eigenvalue weighted by molar-refractivity contribution is 5.91. The molecule has 124 valence electrons. The summed E-state index contributed by atoms with van der Waals surface area (Å²) in [6.45, 7) is 4.31. The molecule has 7 nitrogen and oxygen atoms in total. The van der Waals surface area contributed by atoms with Crippen LogP contribution in [0.3, 0.4) is 0 Å². The zero-order chi connectivity index (χ0) is 16.2. The first-order valence-corrected chi connectivity index (χ1v) is 7.78. The molecule has 1 amide bonds. The smallest absolute Gasteiger partial charge is 0.273 e. The van der Waals surface area contributed by atoms with E-state index in [1.165, 1.54) is 6.26 Å². The molecule has 0 aliphatic carbocycles. The predicted octanol–water partition coefficient (Wildman–Crippen LogP) is 1.12. The van der Waals surface area contributed by atoms with Gasteiger partial charge in [0.2, 0.25) is 5.89 Å². The Bertz CT molecular complexity index is 664. The van der Waals surface area contributed by atoms with Gasteiger partial charge in [-0.2, -0.15) is 0 Å². The Hall–Kier alpha value is -2.12. The zero-order valence-electron chi connectivity index (χ0n) is 13.1. The maximum absolute atomic E-state index is 12.0. The predicted molar refractivity (Wildman–Crippen MR) is 81.9 cm³/mol. The highest BCUT2D eigenvalue weighted by Crippen LogP contribution is 2.13. The van der Waals surface area contributed by atoms with Crippen molar-refractivity contribution in [3.8, 4) is 0 Å². The van der Waals surface area contributed by atoms with Crippen LogP contribution in [0.4, 0.5) is 0 Å². The lowest BCUT2D eigenvalue weighted by Crippen LogP contribution is -2.26. The largest absolute Gasteiger partial charge is 0.466 e. The Morgan fingerprint density at radius 3 is 3.09 bits per heavy atom. The fraction of sp³-hybridized carbons (Fsp3) is 0.500. The fourth-order valence-corrected chi connectivity index (χ4v) is 2.64. The molecule has 0 radical (unpaired) electrons. The van der Waals surface area contributed by atoms with Gasteiger partial charge in [0.15, 0.2) is 5.69 Å². The van der Waals surface area contributed by atoms with Crippen LogP contribution in [-0.4, -0.2) is 46.6 Å². The minimum atomic E-state index is -0.280. The maximum Gasteiger partial charge on any atom is 0.273 e. The van der Waals surface area contributed by atoms with Crippen molar-refractivity contribution in [1.29, 1.82) is 0 Å². The SMILES string of the molecule is Cc1ccc(CCNC(=O)c2coc(CN3CC[C@H](O)C3)n2)o1. The Kier molecular flexibility index (Phi) is 4.78. The molecular weight excluding hydrogens is 298 g/mol. The van der Waals surface area contributed by atoms with Crippen LogP contribution in [0.2, 0.25) is 0 Å². The third-order valence-electron chi connectivity index (χ3n) is 3.84. The quantitative estimate of drug-likeness (QED) is 0.829. The van der Waals surface area contributed by atoms with Crippen LogP contribution in [0.15, 0.2) is 27.2 Å². The van der Waals surface area contributed by atoms with Crippen molar-refractivity contribution in [1.82, 2.24) is 15.2 Å². The Labute approximate surface area is 134 Å². The second-order valence-electron chi connectivity index (χ2n) is 5.82. The van der Waals surface area contributed by atoms with Crippen LogP contribution in [-0.2, 0) is 13.0 Å². The van der Waals surface area contributed by atoms with E-state index in [0.717, 1.165) is 24.5 Å². The van der Waals surface area contributed by atoms with Gasteiger partial charge in [-0.15, -0.1) is 0 Å². The van der Waals surface area contributed by atoms with E-state index in [-0.39, 0.29) is 17.7 Å². The molecule has 7 heteroatoms. The molecule has 3 rings (SSSR count). The monoisotopic (exact) mass is 319 g/mol. The summed E-state index contributed by atoms with van der Waals surface area (Å²) in [5.74, 6) is 1.94. The van der Waals surface area contributed by atoms with Gasteiger partial charge in [0, 0.05) is 26.1 Å². The topological polar surface area (TPSA) is 91.7 Å². The molecule has 1 aliphatic heterocycles. The summed E-state index contributed by atoms with van der Waals surface area (Å²) >= 11 is 0. The molecule has 23 heavy (non-hydrogen) atoms. The molecule has 1 saturated heterocycles. The lowest BCUT2D eigenvalue weighted by atomic mass is 10.3. The van der Waals surface area contributed by atoms with Gasteiger partial charge in [0.05, 0.1) is 12.6 Å². The highest BCUT2D eigenvalue weighted by atomic mass is 16.3. The summed E-state index contributed by atoms with van der Waals surface area (Å²) in [4.78, 5) is 18.3. The number of likely N-dealkylation sites (tertiary alicyclic amines) is 1. The summed E-state index contributed by atoms with van der Waals surface area (Å²) in [6, 6.07) is 3.80. The van der Waals surface area contributed by atoms with E-state index in [4.69, 9.17) is 8.83 Å². The zero-order valence-corrected chi connectivity index (χ0v) is 13.1. The van der Waals surface area contributed by atoms with Crippen LogP contribution < -0.4 is 5.32 Å². The number of aliphatic hydroxyl groups excluding tert-OH is 1. The number of β-amino-alcohol motifs (C(OH)–C–C–N with tert-alkyl or cyclic N) is 1. The van der Waals surface area contributed by atoms with Gasteiger partial charge in [-0.1, -0.05) is 0 Å². The molecule has 0 spiro atoms. The van der Waals surface area contributed by atoms with Crippen LogP contribution in [0.5, 0.6) is 0 Å². The van der Waals surface area contributed by atoms with Crippen LogP contribution in [0, 0.1) is 6.92 Å². The van der Waals surface area contributed by atoms with E-state index in [1.807, 2.05) is 19.1 Å². The number of oxazole rings is 1. The number of rotatable bonds is 6. The van der Waals surface area contributed by atoms with Crippen molar-refractivity contribution >= 4 is 5.91 Å². The summed E-state index contributed by atoms with van der Waals surface area (Å²) in [5.41, 5.74) is 0.273. The van der Waals surface area contributed by atoms with Crippen molar-refractivity contribution in [2.24, 2.45) is 0 Å². The number of aliphatic hydroxyl groups is 1. The molecule has 1 fully saturated rings. The van der Waals surface area contributed by atoms with E-state index in [9.17, 15) is 9.90 Å². The first-order valence-electron chi connectivity index (χ1n) is 7.78. The minimum Gasteiger partial charge on any atom is -0.466 e. The summed E-state index contributed by atoms with van der Waals surface area (Å²) in [5, 5.41) is 12.3. The normalized spacial score (nSPS) is 18.4. The number of nitrogens with one attached hydrogen (secondary N) is 1. The Balaban J connectivity index is 1.46. The maximum atomic E-state index is 12.0. The van der Waals surface area contributed by atoms with E-state index in [2.05, 4.69) is 15.2 Å². The van der Waals surface area contributed by atoms with E-state index < -0.39 is 0 Å². The molecule has 0 bridgehead atoms. The Morgan fingerprint density at radius 1 is 1.52 bits per heavy atom. The molecule has 1 atom stereocenters. The van der Waals surface area contributed by atoms with Gasteiger partial charge in [-0.05, 0) is 25.5 Å². The molecule has 2 aromatic rings. The standard InChI is InChI=1S/C16H21N3O4/c1-11-2-3-13(23-11)4-6-17-16(21)14-10-22-15(18-14)9-19-7-5-12(20)8-19/h2-3,10,12,20H,4-9H2,1H3,(H,17,21)/t12-/m0/s1. The summed E-state index contributed by atoms with van der Waals surface area (Å²) in [6.07, 6.45) is 2.49. The van der Waals surface area contributed by atoms with Crippen LogP contribution in [0.25, 0.3) is 0 Å². The third kappa shape index (κ3) is 4.20. The molecule has 0 aromatic carbocycles. The van der Waals surface area contributed by atoms with Crippen molar-refractivity contribution in [2.45, 2.75) is 32.4 Å². The molecule has 1 aliphatic rings. The first-order chi connectivity index (χ1) is 11.1. The van der Waals surface area contributed by atoms with E-state index in [1.54, 1.807) is 0 Å². The van der Waals surface area contributed by atoms with Crippen molar-refractivity contribution in [3.05, 3.63) is 41.5 Å². The third-order valence-corrected chi connectivity index (χ3v) is 3.84. The fourth-order valence-electron chi connectivity index (χ4n) is 2.64. The first kappa shape index (κ1) is 15.8. The number of hydrogen-bond donors (Lipinski definition) is 2. The highest BCUT2D eigenvalue weighted by Gasteiger charge is 2.22. The number of carbonyl (C=O) groups is 1. The molecule has 0 saturated carbocycles. The molecule has 3 heterocycles. The molecule has 0 unspecified atom stereocenters. The average molecular weight is 319 g/mol. The van der Waals surface area contributed by atoms with E-state index in [0.29, 0.717) is 31.9 Å². The van der Waals surface area contributed by atoms with Gasteiger partial charge in [0.25, 0.3) is 5.91 Å². The van der Waals surface area contributed by atoms with Gasteiger partial charge >= 0.3 is 0 Å². The second kappa shape index (κ2) is 6.97. The number of hydrogen-bond acceptors (Lipinski definition) is 6. The summed E-state index contributed by atoms with van der Waals surface area (Å²) < 4.78 is 10.8. The lowest BCUT2D eigenvalue weighted by molar-refractivity contribution is 0.0948. The molecule has 2 N–H and O–H groups in total. The summed E-state index contributed by atoms with van der Waals surface area (Å²) in [7, 11) is 0. The van der Waals surface area contributed by atoms with Gasteiger partial charge in [-0.3, -0.25) is 9.69 Å². The van der Waals surface area contributed by atoms with Crippen LogP contribution in [0.1, 0.15) is 34.3 Å². The number of aryl methyl sites for hydroxylation is 1. The van der Waals surface area contributed by atoms with Gasteiger partial charge in [-0.25, -0.2) is 4.98 Å². The molecular formula is C16H21N3O4. The number of carbonyl (C=O) groups excluding carboxylic acids is 1. The number of furan rings is 1. The van der Waals surface area contributed by atoms with Crippen molar-refractivity contribution < 1.29 is 18.7 Å². The van der Waals surface area contributed by atoms with Crippen LogP contribution >= 0.6 is 0 Å². The lowest BCUT2D eigenvalue weighted by Gasteiger charge is -2.11. The number of amides is 1. The van der Waals surface area contributed by atoms with Crippen molar-refractivity contribution in [3.63, 3.8) is 0 Å². The van der Waals surface area contributed by atoms with Crippen molar-refractivity contribution in [2.75, 3.05) is 19.6 Å².